The van der Waals surface area contributed by atoms with E-state index in [0.29, 0.717) is 30.5 Å². The molecule has 4 aromatic rings. The highest BCUT2D eigenvalue weighted by Gasteiger charge is 2.22. The molecule has 6 heteroatoms. The van der Waals surface area contributed by atoms with Gasteiger partial charge in [0.25, 0.3) is 5.56 Å². The Bertz CT molecular complexity index is 1360. The lowest BCUT2D eigenvalue weighted by Gasteiger charge is -2.11. The molecule has 0 N–H and O–H groups in total. The second-order valence-corrected chi connectivity index (χ2v) is 8.79. The van der Waals surface area contributed by atoms with Crippen LogP contribution in [0, 0.1) is 5.92 Å². The maximum absolute atomic E-state index is 13.3. The summed E-state index contributed by atoms with van der Waals surface area (Å²) in [6, 6.07) is 18.5. The largest absolute Gasteiger partial charge is 0.332 e. The van der Waals surface area contributed by atoms with Crippen LogP contribution in [0.5, 0.6) is 0 Å². The first kappa shape index (κ1) is 21.8. The molecule has 0 saturated heterocycles. The fourth-order valence-corrected chi connectivity index (χ4v) is 4.17. The van der Waals surface area contributed by atoms with E-state index in [1.54, 1.807) is 11.6 Å². The molecule has 0 amide bonds. The zero-order valence-electron chi connectivity index (χ0n) is 19.2. The third-order valence-corrected chi connectivity index (χ3v) is 5.83. The minimum atomic E-state index is -0.319. The van der Waals surface area contributed by atoms with Crippen LogP contribution in [0.2, 0.25) is 0 Å². The molecule has 0 aliphatic heterocycles. The maximum Gasteiger partial charge on any atom is 0.332 e. The Balaban J connectivity index is 1.96. The lowest BCUT2D eigenvalue weighted by atomic mass is 10.1. The Kier molecular flexibility index (Phi) is 6.12. The van der Waals surface area contributed by atoms with Crippen LogP contribution in [0.1, 0.15) is 43.2 Å². The predicted octanol–water partition coefficient (Wildman–Crippen LogP) is 3.75. The fraction of sp³-hybridized carbons (Fsp3) is 0.346. The Morgan fingerprint density at radius 2 is 1.62 bits per heavy atom. The molecule has 0 fully saturated rings. The first-order valence-corrected chi connectivity index (χ1v) is 11.2. The van der Waals surface area contributed by atoms with Gasteiger partial charge in [-0.25, -0.2) is 4.79 Å². The van der Waals surface area contributed by atoms with Gasteiger partial charge in [-0.2, -0.15) is 5.10 Å². The predicted molar refractivity (Wildman–Crippen MR) is 128 cm³/mol. The molecule has 6 nitrogen and oxygen atoms in total. The highest BCUT2D eigenvalue weighted by molar-refractivity contribution is 5.78. The van der Waals surface area contributed by atoms with Crippen LogP contribution >= 0.6 is 0 Å². The van der Waals surface area contributed by atoms with Crippen LogP contribution in [-0.2, 0) is 33.0 Å². The third kappa shape index (κ3) is 4.17. The molecule has 32 heavy (non-hydrogen) atoms. The van der Waals surface area contributed by atoms with E-state index in [2.05, 4.69) is 57.2 Å². The molecule has 0 aliphatic rings. The van der Waals surface area contributed by atoms with Gasteiger partial charge in [0.1, 0.15) is 5.39 Å². The van der Waals surface area contributed by atoms with Gasteiger partial charge in [0.15, 0.2) is 5.65 Å². The molecule has 0 atom stereocenters. The SMILES string of the molecule is CCc1cccc(Cn2nc3c(c2Cc2ccccc2)c(=O)n(C)c(=O)n3CC(C)C)c1. The Hall–Kier alpha value is -3.41. The molecule has 2 aromatic carbocycles. The molecule has 2 aromatic heterocycles. The lowest BCUT2D eigenvalue weighted by Crippen LogP contribution is -2.39. The molecular formula is C26H30N4O2. The van der Waals surface area contributed by atoms with Crippen molar-refractivity contribution >= 4 is 11.0 Å². The van der Waals surface area contributed by atoms with Gasteiger partial charge >= 0.3 is 5.69 Å². The lowest BCUT2D eigenvalue weighted by molar-refractivity contribution is 0.497. The molecular weight excluding hydrogens is 400 g/mol. The summed E-state index contributed by atoms with van der Waals surface area (Å²) in [5, 5.41) is 5.37. The minimum Gasteiger partial charge on any atom is -0.276 e. The van der Waals surface area contributed by atoms with Crippen molar-refractivity contribution in [3.8, 4) is 0 Å². The Morgan fingerprint density at radius 1 is 0.938 bits per heavy atom. The summed E-state index contributed by atoms with van der Waals surface area (Å²) in [5.41, 5.74) is 4.19. The number of aryl methyl sites for hydroxylation is 1. The van der Waals surface area contributed by atoms with Gasteiger partial charge in [-0.05, 0) is 29.0 Å². The van der Waals surface area contributed by atoms with Crippen molar-refractivity contribution in [2.75, 3.05) is 0 Å². The molecule has 0 radical (unpaired) electrons. The number of nitrogens with zero attached hydrogens (tertiary/aromatic N) is 4. The smallest absolute Gasteiger partial charge is 0.276 e. The van der Waals surface area contributed by atoms with E-state index in [0.717, 1.165) is 23.2 Å². The molecule has 0 bridgehead atoms. The van der Waals surface area contributed by atoms with Crippen LogP contribution in [0.15, 0.2) is 64.2 Å². The van der Waals surface area contributed by atoms with Gasteiger partial charge in [0, 0.05) is 20.0 Å². The van der Waals surface area contributed by atoms with Crippen LogP contribution in [0.25, 0.3) is 11.0 Å². The number of hydrogen-bond donors (Lipinski definition) is 0. The molecule has 0 unspecified atom stereocenters. The van der Waals surface area contributed by atoms with Gasteiger partial charge in [0.05, 0.1) is 12.2 Å². The van der Waals surface area contributed by atoms with Crippen LogP contribution < -0.4 is 11.2 Å². The summed E-state index contributed by atoms with van der Waals surface area (Å²) in [4.78, 5) is 26.2. The minimum absolute atomic E-state index is 0.248. The van der Waals surface area contributed by atoms with Crippen LogP contribution in [-0.4, -0.2) is 18.9 Å². The quantitative estimate of drug-likeness (QED) is 0.449. The van der Waals surface area contributed by atoms with E-state index in [1.165, 1.54) is 10.1 Å². The fourth-order valence-electron chi connectivity index (χ4n) is 4.17. The molecule has 4 rings (SSSR count). The van der Waals surface area contributed by atoms with Crippen molar-refractivity contribution in [2.45, 2.75) is 46.7 Å². The Morgan fingerprint density at radius 3 is 2.31 bits per heavy atom. The third-order valence-electron chi connectivity index (χ3n) is 5.83. The van der Waals surface area contributed by atoms with Gasteiger partial charge in [0.2, 0.25) is 0 Å². The summed E-state index contributed by atoms with van der Waals surface area (Å²) >= 11 is 0. The van der Waals surface area contributed by atoms with E-state index < -0.39 is 0 Å². The number of rotatable bonds is 7. The van der Waals surface area contributed by atoms with E-state index in [4.69, 9.17) is 5.10 Å². The average molecular weight is 431 g/mol. The highest BCUT2D eigenvalue weighted by Crippen LogP contribution is 2.20. The van der Waals surface area contributed by atoms with E-state index in [9.17, 15) is 9.59 Å². The molecule has 0 spiro atoms. The number of aromatic nitrogens is 4. The number of benzene rings is 2. The molecule has 2 heterocycles. The van der Waals surface area contributed by atoms with Crippen LogP contribution in [0.3, 0.4) is 0 Å². The van der Waals surface area contributed by atoms with Crippen molar-refractivity contribution in [3.05, 3.63) is 97.8 Å². The monoisotopic (exact) mass is 430 g/mol. The van der Waals surface area contributed by atoms with Crippen LogP contribution in [0.4, 0.5) is 0 Å². The number of hydrogen-bond acceptors (Lipinski definition) is 3. The average Bonchev–Trinajstić information content (AvgIpc) is 3.13. The normalized spacial score (nSPS) is 11.5. The maximum atomic E-state index is 13.3. The first-order chi connectivity index (χ1) is 15.4. The summed E-state index contributed by atoms with van der Waals surface area (Å²) in [6.45, 7) is 7.31. The molecule has 0 aliphatic carbocycles. The zero-order chi connectivity index (χ0) is 22.8. The standard InChI is InChI=1S/C26H30N4O2/c1-5-19-12-9-13-21(14-19)17-30-22(15-20-10-7-6-8-11-20)23-24(27-30)29(16-18(2)3)26(32)28(4)25(23)31/h6-14,18H,5,15-17H2,1-4H3. The van der Waals surface area contributed by atoms with Crippen molar-refractivity contribution < 1.29 is 0 Å². The topological polar surface area (TPSA) is 61.8 Å². The highest BCUT2D eigenvalue weighted by atomic mass is 16.2. The summed E-state index contributed by atoms with van der Waals surface area (Å²) < 4.78 is 4.77. The second kappa shape index (κ2) is 8.99. The number of fused-ring (bicyclic) bond motifs is 1. The van der Waals surface area contributed by atoms with Crippen molar-refractivity contribution in [3.63, 3.8) is 0 Å². The summed E-state index contributed by atoms with van der Waals surface area (Å²) in [7, 11) is 1.55. The van der Waals surface area contributed by atoms with Crippen molar-refractivity contribution in [1.82, 2.24) is 18.9 Å². The first-order valence-electron chi connectivity index (χ1n) is 11.2. The zero-order valence-corrected chi connectivity index (χ0v) is 19.2. The molecule has 166 valence electrons. The van der Waals surface area contributed by atoms with E-state index in [1.807, 2.05) is 22.9 Å². The van der Waals surface area contributed by atoms with Gasteiger partial charge in [-0.1, -0.05) is 75.4 Å². The summed E-state index contributed by atoms with van der Waals surface area (Å²) in [6.07, 6.45) is 1.53. The van der Waals surface area contributed by atoms with Gasteiger partial charge < -0.3 is 0 Å². The van der Waals surface area contributed by atoms with Crippen molar-refractivity contribution in [1.29, 1.82) is 0 Å². The second-order valence-electron chi connectivity index (χ2n) is 8.79. The summed E-state index contributed by atoms with van der Waals surface area (Å²) in [5.74, 6) is 0.248. The Labute approximate surface area is 187 Å². The van der Waals surface area contributed by atoms with Gasteiger partial charge in [-0.15, -0.1) is 0 Å². The van der Waals surface area contributed by atoms with Gasteiger partial charge in [-0.3, -0.25) is 18.6 Å². The molecule has 0 saturated carbocycles. The van der Waals surface area contributed by atoms with Crippen molar-refractivity contribution in [2.24, 2.45) is 13.0 Å². The van der Waals surface area contributed by atoms with E-state index >= 15 is 0 Å². The van der Waals surface area contributed by atoms with E-state index in [-0.39, 0.29) is 17.2 Å².